The van der Waals surface area contributed by atoms with Crippen LogP contribution in [0.2, 0.25) is 0 Å². The smallest absolute Gasteiger partial charge is 0.341 e. The second kappa shape index (κ2) is 9.29. The summed E-state index contributed by atoms with van der Waals surface area (Å²) in [5, 5.41) is 11.1. The molecule has 1 aliphatic rings. The number of carbonyl (C=O) groups excluding carboxylic acids is 1. The molecule has 1 N–H and O–H groups in total. The van der Waals surface area contributed by atoms with Gasteiger partial charge in [-0.15, -0.1) is 0 Å². The van der Waals surface area contributed by atoms with Crippen molar-refractivity contribution in [3.05, 3.63) is 23.5 Å². The number of methoxy groups -OCH3 is 2. The largest absolute Gasteiger partial charge is 0.496 e. The van der Waals surface area contributed by atoms with Crippen LogP contribution in [0.15, 0.2) is 27.6 Å². The lowest BCUT2D eigenvalue weighted by atomic mass is 9.75. The number of ether oxygens (including phenoxy) is 3. The first kappa shape index (κ1) is 20.6. The lowest BCUT2D eigenvalue weighted by Crippen LogP contribution is -2.32. The first-order valence-electron chi connectivity index (χ1n) is 8.62. The van der Waals surface area contributed by atoms with Crippen molar-refractivity contribution in [3.63, 3.8) is 0 Å². The van der Waals surface area contributed by atoms with Crippen molar-refractivity contribution in [1.29, 1.82) is 0 Å². The standard InChI is InChI=1S/C18H25FN4O4/c1-18(11-21-23-22-20-2)7-5-12(6-8-18)27-16-9-13(17(24)26-4)15(25-3)10-14(16)19/h9-10,12H,2,5-8,11H2,1,3-4H3,(H,21,22). The minimum Gasteiger partial charge on any atom is -0.496 e. The maximum atomic E-state index is 14.3. The van der Waals surface area contributed by atoms with Crippen molar-refractivity contribution in [1.82, 2.24) is 5.53 Å². The molecule has 0 unspecified atom stereocenters. The van der Waals surface area contributed by atoms with Gasteiger partial charge in [-0.2, -0.15) is 15.8 Å². The first-order chi connectivity index (χ1) is 12.9. The summed E-state index contributed by atoms with van der Waals surface area (Å²) in [6.45, 7) is 5.95. The Hall–Kier alpha value is -2.71. The van der Waals surface area contributed by atoms with Gasteiger partial charge < -0.3 is 14.2 Å². The highest BCUT2D eigenvalue weighted by Crippen LogP contribution is 2.38. The fourth-order valence-corrected chi connectivity index (χ4v) is 3.08. The molecule has 0 heterocycles. The number of rotatable bonds is 8. The molecule has 1 aliphatic carbocycles. The van der Waals surface area contributed by atoms with Crippen molar-refractivity contribution >= 4 is 12.7 Å². The molecule has 0 saturated heterocycles. The lowest BCUT2D eigenvalue weighted by molar-refractivity contribution is 0.0594. The van der Waals surface area contributed by atoms with Crippen LogP contribution in [-0.2, 0) is 4.74 Å². The van der Waals surface area contributed by atoms with Crippen LogP contribution in [0.3, 0.4) is 0 Å². The van der Waals surface area contributed by atoms with E-state index >= 15 is 0 Å². The highest BCUT2D eigenvalue weighted by molar-refractivity contribution is 5.93. The molecule has 9 heteroatoms. The van der Waals surface area contributed by atoms with Crippen LogP contribution < -0.4 is 15.0 Å². The molecule has 0 radical (unpaired) electrons. The number of halogens is 1. The quantitative estimate of drug-likeness (QED) is 0.322. The van der Waals surface area contributed by atoms with Crippen molar-refractivity contribution < 1.29 is 23.4 Å². The number of hydrogen-bond acceptors (Lipinski definition) is 7. The van der Waals surface area contributed by atoms with Crippen LogP contribution in [0, 0.1) is 11.2 Å². The summed E-state index contributed by atoms with van der Waals surface area (Å²) in [6, 6.07) is 2.46. The highest BCUT2D eigenvalue weighted by atomic mass is 19.1. The Bertz CT molecular complexity index is 703. The Labute approximate surface area is 157 Å². The van der Waals surface area contributed by atoms with Gasteiger partial charge in [-0.3, -0.25) is 0 Å². The second-order valence-corrected chi connectivity index (χ2v) is 6.76. The van der Waals surface area contributed by atoms with Crippen molar-refractivity contribution in [2.75, 3.05) is 20.8 Å². The third-order valence-electron chi connectivity index (χ3n) is 4.73. The minimum absolute atomic E-state index is 0.00182. The average Bonchev–Trinajstić information content (AvgIpc) is 2.67. The van der Waals surface area contributed by atoms with E-state index in [4.69, 9.17) is 14.2 Å². The third kappa shape index (κ3) is 5.38. The normalized spacial score (nSPS) is 22.3. The summed E-state index contributed by atoms with van der Waals surface area (Å²) in [6.07, 6.45) is 3.08. The van der Waals surface area contributed by atoms with E-state index in [2.05, 4.69) is 34.6 Å². The van der Waals surface area contributed by atoms with Gasteiger partial charge in [-0.1, -0.05) is 12.1 Å². The Morgan fingerprint density at radius 2 is 2.04 bits per heavy atom. The van der Waals surface area contributed by atoms with Gasteiger partial charge in [-0.25, -0.2) is 9.18 Å². The predicted octanol–water partition coefficient (Wildman–Crippen LogP) is 3.52. The summed E-state index contributed by atoms with van der Waals surface area (Å²) in [5.41, 5.74) is 2.47. The van der Waals surface area contributed by atoms with E-state index in [-0.39, 0.29) is 28.6 Å². The van der Waals surface area contributed by atoms with E-state index in [0.717, 1.165) is 31.7 Å². The Morgan fingerprint density at radius 3 is 2.63 bits per heavy atom. The number of nitrogens with zero attached hydrogens (tertiary/aromatic N) is 3. The van der Waals surface area contributed by atoms with Crippen molar-refractivity contribution in [2.45, 2.75) is 38.7 Å². The summed E-state index contributed by atoms with van der Waals surface area (Å²) in [5.74, 6) is -1.06. The molecule has 2 rings (SSSR count). The molecular weight excluding hydrogens is 355 g/mol. The zero-order valence-electron chi connectivity index (χ0n) is 15.8. The van der Waals surface area contributed by atoms with Gasteiger partial charge in [0, 0.05) is 18.9 Å². The molecular formula is C18H25FN4O4. The first-order valence-corrected chi connectivity index (χ1v) is 8.62. The minimum atomic E-state index is -0.610. The zero-order valence-corrected chi connectivity index (χ0v) is 15.8. The number of esters is 1. The fourth-order valence-electron chi connectivity index (χ4n) is 3.08. The van der Waals surface area contributed by atoms with Gasteiger partial charge in [0.2, 0.25) is 0 Å². The van der Waals surface area contributed by atoms with Crippen LogP contribution >= 0.6 is 0 Å². The average molecular weight is 380 g/mol. The topological polar surface area (TPSA) is 93.9 Å². The van der Waals surface area contributed by atoms with Gasteiger partial charge >= 0.3 is 5.97 Å². The molecule has 0 atom stereocenters. The third-order valence-corrected chi connectivity index (χ3v) is 4.73. The van der Waals surface area contributed by atoms with Gasteiger partial charge in [0.1, 0.15) is 11.3 Å². The molecule has 1 saturated carbocycles. The Kier molecular flexibility index (Phi) is 7.09. The molecule has 8 nitrogen and oxygen atoms in total. The molecule has 1 aromatic carbocycles. The van der Waals surface area contributed by atoms with E-state index in [0.29, 0.717) is 6.54 Å². The molecule has 0 aliphatic heterocycles. The molecule has 0 spiro atoms. The number of hydrogen-bond donors (Lipinski definition) is 1. The number of nitrogens with one attached hydrogen (secondary N) is 1. The summed E-state index contributed by atoms with van der Waals surface area (Å²) in [7, 11) is 2.62. The molecule has 148 valence electrons. The SMILES string of the molecule is C=NNN=NCC1(C)CCC(Oc2cc(C(=O)OC)c(OC)cc2F)CC1. The van der Waals surface area contributed by atoms with Crippen molar-refractivity contribution in [3.8, 4) is 11.5 Å². The maximum absolute atomic E-state index is 14.3. The van der Waals surface area contributed by atoms with E-state index < -0.39 is 11.8 Å². The van der Waals surface area contributed by atoms with Gasteiger partial charge in [-0.05, 0) is 31.1 Å². The fraction of sp³-hybridized carbons (Fsp3) is 0.556. The summed E-state index contributed by atoms with van der Waals surface area (Å²) in [4.78, 5) is 11.9. The number of hydrazone groups is 1. The van der Waals surface area contributed by atoms with E-state index in [1.807, 2.05) is 0 Å². The predicted molar refractivity (Wildman–Crippen MR) is 97.7 cm³/mol. The van der Waals surface area contributed by atoms with E-state index in [1.54, 1.807) is 0 Å². The summed E-state index contributed by atoms with van der Waals surface area (Å²) >= 11 is 0. The van der Waals surface area contributed by atoms with Crippen LogP contribution in [0.1, 0.15) is 43.0 Å². The van der Waals surface area contributed by atoms with Crippen molar-refractivity contribution in [2.24, 2.45) is 20.9 Å². The van der Waals surface area contributed by atoms with Crippen LogP contribution in [0.25, 0.3) is 0 Å². The second-order valence-electron chi connectivity index (χ2n) is 6.76. The van der Waals surface area contributed by atoms with Gasteiger partial charge in [0.05, 0.1) is 26.9 Å². The van der Waals surface area contributed by atoms with Gasteiger partial charge in [0.15, 0.2) is 11.6 Å². The van der Waals surface area contributed by atoms with E-state index in [1.165, 1.54) is 20.3 Å². The molecule has 0 aromatic heterocycles. The Balaban J connectivity index is 2.02. The lowest BCUT2D eigenvalue weighted by Gasteiger charge is -2.36. The highest BCUT2D eigenvalue weighted by Gasteiger charge is 2.32. The molecule has 0 amide bonds. The van der Waals surface area contributed by atoms with Crippen LogP contribution in [0.4, 0.5) is 4.39 Å². The van der Waals surface area contributed by atoms with Crippen LogP contribution in [-0.4, -0.2) is 39.6 Å². The van der Waals surface area contributed by atoms with Crippen LogP contribution in [0.5, 0.6) is 11.5 Å². The summed E-state index contributed by atoms with van der Waals surface area (Å²) < 4.78 is 29.9. The van der Waals surface area contributed by atoms with Gasteiger partial charge in [0.25, 0.3) is 0 Å². The monoisotopic (exact) mass is 380 g/mol. The zero-order chi connectivity index (χ0) is 19.9. The number of carbonyl (C=O) groups is 1. The molecule has 0 bridgehead atoms. The maximum Gasteiger partial charge on any atom is 0.341 e. The molecule has 1 fully saturated rings. The number of benzene rings is 1. The molecule has 27 heavy (non-hydrogen) atoms. The molecule has 1 aromatic rings. The Morgan fingerprint density at radius 1 is 1.33 bits per heavy atom. The van der Waals surface area contributed by atoms with E-state index in [9.17, 15) is 9.18 Å².